The Balaban J connectivity index is 1.87. The second-order valence-electron chi connectivity index (χ2n) is 6.95. The zero-order valence-electron chi connectivity index (χ0n) is 15.7. The maximum atomic E-state index is 13.5. The van der Waals surface area contributed by atoms with E-state index < -0.39 is 10.0 Å². The minimum Gasteiger partial charge on any atom is -0.241 e. The molecule has 0 unspecified atom stereocenters. The van der Waals surface area contributed by atoms with Crippen LogP contribution in [0.2, 0.25) is 0 Å². The highest BCUT2D eigenvalue weighted by Crippen LogP contribution is 2.29. The first-order chi connectivity index (χ1) is 14.0. The third kappa shape index (κ3) is 3.68. The number of unbranched alkanes of at least 4 members (excludes halogenated alkanes) is 1. The predicted octanol–water partition coefficient (Wildman–Crippen LogP) is 5.62. The van der Waals surface area contributed by atoms with Crippen LogP contribution in [0.4, 0.5) is 0 Å². The summed E-state index contributed by atoms with van der Waals surface area (Å²) >= 11 is 3.44. The first-order valence-electron chi connectivity index (χ1n) is 9.39. The van der Waals surface area contributed by atoms with Crippen molar-refractivity contribution in [2.75, 3.05) is 5.33 Å². The Hall–Kier alpha value is -2.62. The van der Waals surface area contributed by atoms with E-state index in [1.807, 2.05) is 30.3 Å². The predicted molar refractivity (Wildman–Crippen MR) is 120 cm³/mol. The second-order valence-corrected chi connectivity index (χ2v) is 9.56. The van der Waals surface area contributed by atoms with Gasteiger partial charge in [-0.3, -0.25) is 0 Å². The quantitative estimate of drug-likeness (QED) is 0.273. The molecule has 3 aromatic carbocycles. The summed E-state index contributed by atoms with van der Waals surface area (Å²) in [7, 11) is -3.76. The highest BCUT2D eigenvalue weighted by atomic mass is 79.9. The summed E-state index contributed by atoms with van der Waals surface area (Å²) in [6, 6.07) is 20.2. The molecule has 0 aliphatic carbocycles. The highest BCUT2D eigenvalue weighted by Gasteiger charge is 2.21. The van der Waals surface area contributed by atoms with E-state index in [4.69, 9.17) is 0 Å². The van der Waals surface area contributed by atoms with Crippen LogP contribution in [0, 0.1) is 11.3 Å². The summed E-state index contributed by atoms with van der Waals surface area (Å²) in [5.74, 6) is 0. The van der Waals surface area contributed by atoms with Crippen molar-refractivity contribution in [1.82, 2.24) is 3.97 Å². The molecule has 1 aromatic heterocycles. The molecule has 0 atom stereocenters. The van der Waals surface area contributed by atoms with Crippen molar-refractivity contribution in [3.05, 3.63) is 78.0 Å². The van der Waals surface area contributed by atoms with Crippen molar-refractivity contribution in [3.8, 4) is 6.07 Å². The summed E-state index contributed by atoms with van der Waals surface area (Å²) in [6.07, 6.45) is 4.42. The van der Waals surface area contributed by atoms with Crippen molar-refractivity contribution < 1.29 is 8.42 Å². The Kier molecular flexibility index (Phi) is 5.44. The number of hydrogen-bond acceptors (Lipinski definition) is 3. The van der Waals surface area contributed by atoms with Gasteiger partial charge in [-0.25, -0.2) is 12.4 Å². The van der Waals surface area contributed by atoms with Gasteiger partial charge in [0.1, 0.15) is 0 Å². The molecule has 0 radical (unpaired) electrons. The average molecular weight is 467 g/mol. The second kappa shape index (κ2) is 8.02. The van der Waals surface area contributed by atoms with Crippen LogP contribution in [0.3, 0.4) is 0 Å². The maximum absolute atomic E-state index is 13.5. The molecule has 4 rings (SSSR count). The minimum atomic E-state index is -3.76. The van der Waals surface area contributed by atoms with E-state index >= 15 is 0 Å². The molecule has 4 aromatic rings. The van der Waals surface area contributed by atoms with Gasteiger partial charge in [0.25, 0.3) is 10.0 Å². The molecular formula is C23H19BrN2O2S. The van der Waals surface area contributed by atoms with Crippen molar-refractivity contribution >= 4 is 47.6 Å². The summed E-state index contributed by atoms with van der Waals surface area (Å²) in [4.78, 5) is 0.254. The first-order valence-corrected chi connectivity index (χ1v) is 11.9. The Bertz CT molecular complexity index is 1350. The van der Waals surface area contributed by atoms with Gasteiger partial charge in [-0.15, -0.1) is 0 Å². The van der Waals surface area contributed by atoms with Gasteiger partial charge < -0.3 is 0 Å². The van der Waals surface area contributed by atoms with E-state index in [-0.39, 0.29) is 4.90 Å². The Morgan fingerprint density at radius 3 is 2.52 bits per heavy atom. The number of benzene rings is 3. The SMILES string of the molecule is N#Cc1ccc2c(c1)c(CCCCBr)cn2S(=O)(=O)c1ccc2ccccc2c1. The molecule has 6 heteroatoms. The Labute approximate surface area is 178 Å². The lowest BCUT2D eigenvalue weighted by Crippen LogP contribution is -2.11. The fraction of sp³-hybridized carbons (Fsp3) is 0.174. The van der Waals surface area contributed by atoms with Gasteiger partial charge in [0.15, 0.2) is 0 Å². The molecule has 4 nitrogen and oxygen atoms in total. The largest absolute Gasteiger partial charge is 0.268 e. The highest BCUT2D eigenvalue weighted by molar-refractivity contribution is 9.09. The van der Waals surface area contributed by atoms with Crippen LogP contribution >= 0.6 is 15.9 Å². The van der Waals surface area contributed by atoms with Crippen molar-refractivity contribution in [2.45, 2.75) is 24.2 Å². The monoisotopic (exact) mass is 466 g/mol. The molecule has 0 fully saturated rings. The van der Waals surface area contributed by atoms with Gasteiger partial charge in [0.05, 0.1) is 22.0 Å². The fourth-order valence-corrected chi connectivity index (χ4v) is 5.41. The van der Waals surface area contributed by atoms with E-state index in [2.05, 4.69) is 22.0 Å². The van der Waals surface area contributed by atoms with Gasteiger partial charge in [0.2, 0.25) is 0 Å². The lowest BCUT2D eigenvalue weighted by Gasteiger charge is -2.09. The van der Waals surface area contributed by atoms with Gasteiger partial charge in [-0.2, -0.15) is 5.26 Å². The molecule has 1 heterocycles. The van der Waals surface area contributed by atoms with Gasteiger partial charge >= 0.3 is 0 Å². The van der Waals surface area contributed by atoms with Crippen molar-refractivity contribution in [1.29, 1.82) is 5.26 Å². The Morgan fingerprint density at radius 1 is 0.966 bits per heavy atom. The molecule has 0 saturated heterocycles. The van der Waals surface area contributed by atoms with Crippen molar-refractivity contribution in [3.63, 3.8) is 0 Å². The molecule has 0 amide bonds. The fourth-order valence-electron chi connectivity index (χ4n) is 3.59. The molecule has 146 valence electrons. The third-order valence-corrected chi connectivity index (χ3v) is 7.32. The number of aryl methyl sites for hydroxylation is 1. The number of rotatable bonds is 6. The van der Waals surface area contributed by atoms with E-state index in [1.54, 1.807) is 36.5 Å². The number of halogens is 1. The standard InChI is InChI=1S/C23H19BrN2O2S/c24-12-4-3-7-20-16-26(23-11-8-17(15-25)13-22(20)23)29(27,28)21-10-9-18-5-1-2-6-19(18)14-21/h1-2,5-6,8-11,13-14,16H,3-4,7,12H2. The topological polar surface area (TPSA) is 62.9 Å². The zero-order chi connectivity index (χ0) is 20.4. The van der Waals surface area contributed by atoms with E-state index in [0.29, 0.717) is 11.1 Å². The first kappa shape index (κ1) is 19.7. The van der Waals surface area contributed by atoms with Crippen LogP contribution in [0.5, 0.6) is 0 Å². The van der Waals surface area contributed by atoms with Gasteiger partial charge in [0, 0.05) is 16.9 Å². The lowest BCUT2D eigenvalue weighted by atomic mass is 10.1. The normalized spacial score (nSPS) is 11.7. The van der Waals surface area contributed by atoms with Gasteiger partial charge in [-0.05, 0) is 65.9 Å². The van der Waals surface area contributed by atoms with Crippen LogP contribution < -0.4 is 0 Å². The number of nitriles is 1. The molecule has 0 bridgehead atoms. The van der Waals surface area contributed by atoms with Crippen LogP contribution in [0.15, 0.2) is 71.8 Å². The molecular weight excluding hydrogens is 448 g/mol. The molecule has 0 saturated carbocycles. The number of nitrogens with zero attached hydrogens (tertiary/aromatic N) is 2. The maximum Gasteiger partial charge on any atom is 0.268 e. The molecule has 0 N–H and O–H groups in total. The van der Waals surface area contributed by atoms with Gasteiger partial charge in [-0.1, -0.05) is 46.3 Å². The Morgan fingerprint density at radius 2 is 1.76 bits per heavy atom. The van der Waals surface area contributed by atoms with Crippen LogP contribution in [0.1, 0.15) is 24.0 Å². The summed E-state index contributed by atoms with van der Waals surface area (Å²) in [5, 5.41) is 12.9. The third-order valence-electron chi connectivity index (χ3n) is 5.09. The summed E-state index contributed by atoms with van der Waals surface area (Å²) in [5.41, 5.74) is 2.08. The molecule has 0 spiro atoms. The minimum absolute atomic E-state index is 0.254. The number of alkyl halides is 1. The van der Waals surface area contributed by atoms with Crippen LogP contribution in [0.25, 0.3) is 21.7 Å². The summed E-state index contributed by atoms with van der Waals surface area (Å²) in [6.45, 7) is 0. The smallest absolute Gasteiger partial charge is 0.241 e. The van der Waals surface area contributed by atoms with Crippen LogP contribution in [-0.4, -0.2) is 17.7 Å². The number of fused-ring (bicyclic) bond motifs is 2. The molecule has 0 aliphatic rings. The lowest BCUT2D eigenvalue weighted by molar-refractivity contribution is 0.589. The number of aromatic nitrogens is 1. The van der Waals surface area contributed by atoms with E-state index in [1.165, 1.54) is 3.97 Å². The number of hydrogen-bond donors (Lipinski definition) is 0. The van der Waals surface area contributed by atoms with Crippen molar-refractivity contribution in [2.24, 2.45) is 0 Å². The molecule has 0 aliphatic heterocycles. The zero-order valence-corrected chi connectivity index (χ0v) is 18.1. The molecule has 29 heavy (non-hydrogen) atoms. The van der Waals surface area contributed by atoms with E-state index in [0.717, 1.165) is 46.3 Å². The van der Waals surface area contributed by atoms with E-state index in [9.17, 15) is 13.7 Å². The summed E-state index contributed by atoms with van der Waals surface area (Å²) < 4.78 is 28.3. The average Bonchev–Trinajstić information content (AvgIpc) is 3.12. The van der Waals surface area contributed by atoms with Crippen LogP contribution in [-0.2, 0) is 16.4 Å².